The fourth-order valence-corrected chi connectivity index (χ4v) is 2.71. The van der Waals surface area contributed by atoms with E-state index in [9.17, 15) is 9.59 Å². The molecule has 0 saturated carbocycles. The highest BCUT2D eigenvalue weighted by molar-refractivity contribution is 6.18. The number of carbonyl (C=O) groups excluding carboxylic acids is 2. The number of amides is 2. The highest BCUT2D eigenvalue weighted by atomic mass is 16.2. The molecule has 1 unspecified atom stereocenters. The first-order valence-corrected chi connectivity index (χ1v) is 7.93. The van der Waals surface area contributed by atoms with Crippen LogP contribution in [-0.2, 0) is 9.59 Å². The third-order valence-corrected chi connectivity index (χ3v) is 3.91. The number of allylic oxidation sites excluding steroid dienone is 7. The minimum Gasteiger partial charge on any atom is -0.329 e. The predicted octanol–water partition coefficient (Wildman–Crippen LogP) is 2.49. The zero-order chi connectivity index (χ0) is 16.8. The first-order chi connectivity index (χ1) is 11.1. The van der Waals surface area contributed by atoms with Crippen LogP contribution in [0.5, 0.6) is 0 Å². The first kappa shape index (κ1) is 16.9. The van der Waals surface area contributed by atoms with E-state index in [1.165, 1.54) is 0 Å². The molecule has 1 heterocycles. The van der Waals surface area contributed by atoms with Crippen molar-refractivity contribution in [2.75, 3.05) is 7.05 Å². The Hall–Kier alpha value is -2.43. The van der Waals surface area contributed by atoms with Crippen LogP contribution in [0.3, 0.4) is 0 Å². The normalized spacial score (nSPS) is 22.1. The van der Waals surface area contributed by atoms with Gasteiger partial charge in [-0.05, 0) is 31.8 Å². The Labute approximate surface area is 137 Å². The minimum atomic E-state index is -0.898. The van der Waals surface area contributed by atoms with Gasteiger partial charge in [-0.2, -0.15) is 0 Å². The van der Waals surface area contributed by atoms with Crippen molar-refractivity contribution < 1.29 is 9.59 Å². The Morgan fingerprint density at radius 3 is 2.83 bits per heavy atom. The van der Waals surface area contributed by atoms with Crippen molar-refractivity contribution in [2.45, 2.75) is 39.3 Å². The van der Waals surface area contributed by atoms with Crippen molar-refractivity contribution in [1.29, 1.82) is 0 Å². The van der Waals surface area contributed by atoms with Crippen LogP contribution in [0.25, 0.3) is 0 Å². The summed E-state index contributed by atoms with van der Waals surface area (Å²) in [5.74, 6) is -0.235. The molecule has 1 aliphatic carbocycles. The largest absolute Gasteiger partial charge is 0.329 e. The zero-order valence-electron chi connectivity index (χ0n) is 13.9. The third kappa shape index (κ3) is 3.50. The molecule has 5 heteroatoms. The second kappa shape index (κ2) is 7.72. The number of aliphatic imine (C=N–C) groups is 1. The van der Waals surface area contributed by atoms with Crippen LogP contribution in [0.2, 0.25) is 0 Å². The molecule has 1 aliphatic heterocycles. The van der Waals surface area contributed by atoms with Gasteiger partial charge in [-0.25, -0.2) is 4.99 Å². The summed E-state index contributed by atoms with van der Waals surface area (Å²) in [7, 11) is 1.72. The van der Waals surface area contributed by atoms with Crippen LogP contribution < -0.4 is 5.32 Å². The van der Waals surface area contributed by atoms with Gasteiger partial charge in [-0.3, -0.25) is 9.59 Å². The van der Waals surface area contributed by atoms with Crippen molar-refractivity contribution in [3.63, 3.8) is 0 Å². The number of nitrogens with zero attached hydrogens (tertiary/aromatic N) is 2. The molecule has 2 aliphatic rings. The number of nitrogens with one attached hydrogen (secondary N) is 1. The van der Waals surface area contributed by atoms with Crippen LogP contribution >= 0.6 is 0 Å². The van der Waals surface area contributed by atoms with E-state index in [0.717, 1.165) is 41.8 Å². The van der Waals surface area contributed by atoms with Gasteiger partial charge in [0.1, 0.15) is 0 Å². The van der Waals surface area contributed by atoms with Crippen molar-refractivity contribution in [3.8, 4) is 0 Å². The third-order valence-electron chi connectivity index (χ3n) is 3.91. The van der Waals surface area contributed by atoms with Gasteiger partial charge in [-0.1, -0.05) is 37.3 Å². The van der Waals surface area contributed by atoms with E-state index in [1.807, 2.05) is 19.1 Å². The zero-order valence-corrected chi connectivity index (χ0v) is 13.9. The standard InChI is InChI=1S/C18H23N3O2/c1-4-6-9-13(5-2)16-14-10-7-8-11-15(14)21(3)18(23)17(20-16)19-12-22/h5-6,9-12,17H,4,7-8H2,1-3H3,(H,19,22)/b9-6-,13-5+. The molecule has 0 aromatic carbocycles. The van der Waals surface area contributed by atoms with Gasteiger partial charge in [0.15, 0.2) is 0 Å². The Kier molecular flexibility index (Phi) is 5.68. The average molecular weight is 313 g/mol. The van der Waals surface area contributed by atoms with E-state index in [1.54, 1.807) is 11.9 Å². The number of fused-ring (bicyclic) bond motifs is 1. The fourth-order valence-electron chi connectivity index (χ4n) is 2.71. The summed E-state index contributed by atoms with van der Waals surface area (Å²) in [6.07, 6.45) is 12.6. The first-order valence-electron chi connectivity index (χ1n) is 7.93. The lowest BCUT2D eigenvalue weighted by molar-refractivity contribution is -0.131. The second-order valence-corrected chi connectivity index (χ2v) is 5.40. The van der Waals surface area contributed by atoms with Gasteiger partial charge in [-0.15, -0.1) is 0 Å². The van der Waals surface area contributed by atoms with Gasteiger partial charge in [0.05, 0.1) is 5.71 Å². The van der Waals surface area contributed by atoms with Crippen molar-refractivity contribution >= 4 is 18.0 Å². The number of hydrogen-bond donors (Lipinski definition) is 1. The minimum absolute atomic E-state index is 0.235. The van der Waals surface area contributed by atoms with Crippen molar-refractivity contribution in [2.24, 2.45) is 4.99 Å². The molecule has 0 bridgehead atoms. The summed E-state index contributed by atoms with van der Waals surface area (Å²) in [6, 6.07) is 0. The van der Waals surface area contributed by atoms with Crippen LogP contribution in [0.1, 0.15) is 33.1 Å². The van der Waals surface area contributed by atoms with E-state index in [0.29, 0.717) is 6.41 Å². The Morgan fingerprint density at radius 2 is 2.17 bits per heavy atom. The maximum atomic E-state index is 12.6. The van der Waals surface area contributed by atoms with Crippen LogP contribution in [-0.4, -0.2) is 36.1 Å². The van der Waals surface area contributed by atoms with E-state index < -0.39 is 6.17 Å². The summed E-state index contributed by atoms with van der Waals surface area (Å²) >= 11 is 0. The number of rotatable bonds is 5. The SMILES string of the molecule is C/C=C(\C=C/CC)C1=NC(NC=O)C(=O)N(C)C2=CCCC=C21. The van der Waals surface area contributed by atoms with Crippen LogP contribution in [0.15, 0.2) is 52.2 Å². The maximum absolute atomic E-state index is 12.6. The molecule has 5 nitrogen and oxygen atoms in total. The molecule has 1 atom stereocenters. The van der Waals surface area contributed by atoms with Crippen LogP contribution in [0, 0.1) is 0 Å². The summed E-state index contributed by atoms with van der Waals surface area (Å²) in [5, 5.41) is 2.51. The molecule has 0 aromatic heterocycles. The van der Waals surface area contributed by atoms with Gasteiger partial charge in [0.2, 0.25) is 12.6 Å². The van der Waals surface area contributed by atoms with Crippen molar-refractivity contribution in [1.82, 2.24) is 10.2 Å². The number of hydrogen-bond acceptors (Lipinski definition) is 3. The Bertz CT molecular complexity index is 639. The summed E-state index contributed by atoms with van der Waals surface area (Å²) < 4.78 is 0. The smallest absolute Gasteiger partial charge is 0.272 e. The lowest BCUT2D eigenvalue weighted by Crippen LogP contribution is -2.42. The lowest BCUT2D eigenvalue weighted by Gasteiger charge is -2.24. The number of carbonyl (C=O) groups is 2. The fraction of sp³-hybridized carbons (Fsp3) is 0.389. The Balaban J connectivity index is 2.58. The van der Waals surface area contributed by atoms with Crippen LogP contribution in [0.4, 0.5) is 0 Å². The van der Waals surface area contributed by atoms with E-state index in [2.05, 4.69) is 35.5 Å². The van der Waals surface area contributed by atoms with Gasteiger partial charge in [0.25, 0.3) is 5.91 Å². The molecule has 2 rings (SSSR count). The van der Waals surface area contributed by atoms with E-state index in [4.69, 9.17) is 0 Å². The molecular formula is C18H23N3O2. The van der Waals surface area contributed by atoms with Crippen molar-refractivity contribution in [3.05, 3.63) is 47.2 Å². The maximum Gasteiger partial charge on any atom is 0.272 e. The summed E-state index contributed by atoms with van der Waals surface area (Å²) in [5.41, 5.74) is 3.52. The lowest BCUT2D eigenvalue weighted by atomic mass is 9.93. The van der Waals surface area contributed by atoms with Gasteiger partial charge >= 0.3 is 0 Å². The molecular weight excluding hydrogens is 290 g/mol. The molecule has 2 amide bonds. The summed E-state index contributed by atoms with van der Waals surface area (Å²) in [4.78, 5) is 29.6. The quantitative estimate of drug-likeness (QED) is 0.626. The highest BCUT2D eigenvalue weighted by Crippen LogP contribution is 2.29. The Morgan fingerprint density at radius 1 is 1.43 bits per heavy atom. The monoisotopic (exact) mass is 313 g/mol. The number of likely N-dealkylation sites (N-methyl/N-ethyl adjacent to an activating group) is 1. The van der Waals surface area contributed by atoms with E-state index in [-0.39, 0.29) is 5.91 Å². The van der Waals surface area contributed by atoms with E-state index >= 15 is 0 Å². The molecule has 23 heavy (non-hydrogen) atoms. The topological polar surface area (TPSA) is 61.8 Å². The molecule has 0 saturated heterocycles. The molecule has 0 aromatic rings. The second-order valence-electron chi connectivity index (χ2n) is 5.40. The highest BCUT2D eigenvalue weighted by Gasteiger charge is 2.32. The molecule has 0 spiro atoms. The van der Waals surface area contributed by atoms with Gasteiger partial charge in [0, 0.05) is 18.3 Å². The molecule has 122 valence electrons. The molecule has 0 fully saturated rings. The van der Waals surface area contributed by atoms with Gasteiger partial charge < -0.3 is 10.2 Å². The molecule has 1 N–H and O–H groups in total. The molecule has 0 radical (unpaired) electrons. The average Bonchev–Trinajstić information content (AvgIpc) is 2.68. The summed E-state index contributed by atoms with van der Waals surface area (Å²) in [6.45, 7) is 4.02. The predicted molar refractivity (Wildman–Crippen MR) is 91.8 cm³/mol.